The van der Waals surface area contributed by atoms with Crippen molar-refractivity contribution in [3.8, 4) is 28.3 Å². The van der Waals surface area contributed by atoms with Crippen molar-refractivity contribution in [2.45, 2.75) is 6.92 Å². The minimum Gasteiger partial charge on any atom is -0.338 e. The lowest BCUT2D eigenvalue weighted by atomic mass is 10.1. The third kappa shape index (κ3) is 2.58. The zero-order valence-corrected chi connectivity index (χ0v) is 16.0. The number of aromatic amines is 2. The Labute approximate surface area is 170 Å². The van der Waals surface area contributed by atoms with E-state index in [-0.39, 0.29) is 0 Å². The third-order valence-corrected chi connectivity index (χ3v) is 5.16. The predicted octanol–water partition coefficient (Wildman–Crippen LogP) is 4.06. The van der Waals surface area contributed by atoms with Crippen molar-refractivity contribution >= 4 is 21.9 Å². The summed E-state index contributed by atoms with van der Waals surface area (Å²) >= 11 is 0. The van der Waals surface area contributed by atoms with Crippen LogP contribution >= 0.6 is 0 Å². The zero-order chi connectivity index (χ0) is 20.1. The minimum atomic E-state index is 0.798. The van der Waals surface area contributed by atoms with Crippen LogP contribution in [-0.4, -0.2) is 39.7 Å². The molecule has 6 heterocycles. The lowest BCUT2D eigenvalue weighted by Gasteiger charge is -2.02. The van der Waals surface area contributed by atoms with Gasteiger partial charge in [-0.15, -0.1) is 0 Å². The van der Waals surface area contributed by atoms with Crippen LogP contribution in [0.2, 0.25) is 0 Å². The van der Waals surface area contributed by atoms with Gasteiger partial charge >= 0.3 is 0 Å². The van der Waals surface area contributed by atoms with Crippen LogP contribution in [-0.2, 0) is 0 Å². The molecule has 6 aromatic rings. The first kappa shape index (κ1) is 16.6. The lowest BCUT2D eigenvalue weighted by Crippen LogP contribution is -1.91. The summed E-state index contributed by atoms with van der Waals surface area (Å²) in [5.41, 5.74) is 7.16. The number of pyridine rings is 3. The SMILES string of the molecule is Cc1cn(-c2ccnc3[nH]c(-c4n[nH]c5cnc(-c6cccnc6)cc45)cc23)cn1. The fraction of sp³-hybridized carbons (Fsp3) is 0.0455. The van der Waals surface area contributed by atoms with Crippen molar-refractivity contribution in [1.82, 2.24) is 39.7 Å². The summed E-state index contributed by atoms with van der Waals surface area (Å²) in [5.74, 6) is 0. The summed E-state index contributed by atoms with van der Waals surface area (Å²) in [6.45, 7) is 1.97. The lowest BCUT2D eigenvalue weighted by molar-refractivity contribution is 1.06. The van der Waals surface area contributed by atoms with Gasteiger partial charge < -0.3 is 9.55 Å². The van der Waals surface area contributed by atoms with Crippen molar-refractivity contribution in [1.29, 1.82) is 0 Å². The molecule has 144 valence electrons. The standard InChI is InChI=1S/C22H16N8/c1-13-11-30(12-26-13)20-4-6-24-22-16(20)8-18(27-22)21-15-7-17(14-3-2-5-23-9-14)25-10-19(15)28-29-21/h2-12H,1H3,(H,24,27)(H,28,29). The summed E-state index contributed by atoms with van der Waals surface area (Å²) in [6.07, 6.45) is 11.0. The number of nitrogens with zero attached hydrogens (tertiary/aromatic N) is 6. The second-order valence-electron chi connectivity index (χ2n) is 7.13. The van der Waals surface area contributed by atoms with Crippen LogP contribution in [0.15, 0.2) is 67.6 Å². The maximum absolute atomic E-state index is 4.54. The fourth-order valence-electron chi connectivity index (χ4n) is 3.71. The second kappa shape index (κ2) is 6.35. The molecule has 0 aliphatic heterocycles. The molecule has 6 rings (SSSR count). The van der Waals surface area contributed by atoms with Crippen LogP contribution in [0.1, 0.15) is 5.69 Å². The van der Waals surface area contributed by atoms with E-state index in [1.807, 2.05) is 48.3 Å². The molecule has 0 aliphatic rings. The van der Waals surface area contributed by atoms with E-state index in [0.717, 1.165) is 56.0 Å². The Morgan fingerprint density at radius 3 is 2.77 bits per heavy atom. The summed E-state index contributed by atoms with van der Waals surface area (Å²) < 4.78 is 2.00. The molecular weight excluding hydrogens is 376 g/mol. The highest BCUT2D eigenvalue weighted by atomic mass is 15.1. The van der Waals surface area contributed by atoms with Crippen LogP contribution < -0.4 is 0 Å². The molecule has 0 fully saturated rings. The van der Waals surface area contributed by atoms with Crippen LogP contribution in [0.25, 0.3) is 50.3 Å². The van der Waals surface area contributed by atoms with Crippen LogP contribution in [0.3, 0.4) is 0 Å². The third-order valence-electron chi connectivity index (χ3n) is 5.16. The van der Waals surface area contributed by atoms with Crippen LogP contribution in [0.5, 0.6) is 0 Å². The number of aryl methyl sites for hydroxylation is 1. The number of nitrogens with one attached hydrogen (secondary N) is 2. The van der Waals surface area contributed by atoms with E-state index in [4.69, 9.17) is 0 Å². The fourth-order valence-corrected chi connectivity index (χ4v) is 3.71. The number of imidazole rings is 1. The summed E-state index contributed by atoms with van der Waals surface area (Å²) in [5, 5.41) is 9.60. The van der Waals surface area contributed by atoms with E-state index in [9.17, 15) is 0 Å². The maximum Gasteiger partial charge on any atom is 0.139 e. The first-order valence-electron chi connectivity index (χ1n) is 9.50. The molecule has 0 saturated carbocycles. The molecule has 0 aliphatic carbocycles. The van der Waals surface area contributed by atoms with Gasteiger partial charge in [-0.1, -0.05) is 0 Å². The Morgan fingerprint density at radius 2 is 1.93 bits per heavy atom. The molecule has 30 heavy (non-hydrogen) atoms. The van der Waals surface area contributed by atoms with Gasteiger partial charge in [0.15, 0.2) is 0 Å². The van der Waals surface area contributed by atoms with Crippen molar-refractivity contribution in [2.75, 3.05) is 0 Å². The monoisotopic (exact) mass is 392 g/mol. The number of hydrogen-bond acceptors (Lipinski definition) is 5. The Balaban J connectivity index is 1.52. The Morgan fingerprint density at radius 1 is 0.967 bits per heavy atom. The van der Waals surface area contributed by atoms with Crippen molar-refractivity contribution in [3.05, 3.63) is 73.3 Å². The molecule has 0 saturated heterocycles. The number of aromatic nitrogens is 8. The van der Waals surface area contributed by atoms with E-state index >= 15 is 0 Å². The molecule has 0 amide bonds. The summed E-state index contributed by atoms with van der Waals surface area (Å²) in [4.78, 5) is 21.0. The van der Waals surface area contributed by atoms with E-state index in [1.165, 1.54) is 0 Å². The van der Waals surface area contributed by atoms with Gasteiger partial charge in [-0.05, 0) is 37.3 Å². The van der Waals surface area contributed by atoms with Gasteiger partial charge in [0.25, 0.3) is 0 Å². The van der Waals surface area contributed by atoms with Crippen molar-refractivity contribution < 1.29 is 0 Å². The number of fused-ring (bicyclic) bond motifs is 2. The highest BCUT2D eigenvalue weighted by Gasteiger charge is 2.15. The predicted molar refractivity (Wildman–Crippen MR) is 114 cm³/mol. The van der Waals surface area contributed by atoms with E-state index in [2.05, 4.69) is 41.2 Å². The molecule has 8 nitrogen and oxygen atoms in total. The van der Waals surface area contributed by atoms with E-state index in [1.54, 1.807) is 24.8 Å². The van der Waals surface area contributed by atoms with Gasteiger partial charge in [0.2, 0.25) is 0 Å². The zero-order valence-electron chi connectivity index (χ0n) is 16.0. The first-order valence-corrected chi connectivity index (χ1v) is 9.50. The molecule has 0 radical (unpaired) electrons. The van der Waals surface area contributed by atoms with Gasteiger partial charge in [0.05, 0.1) is 40.8 Å². The first-order chi connectivity index (χ1) is 14.8. The van der Waals surface area contributed by atoms with Crippen LogP contribution in [0.4, 0.5) is 0 Å². The topological polar surface area (TPSA) is 101 Å². The van der Waals surface area contributed by atoms with Crippen molar-refractivity contribution in [2.24, 2.45) is 0 Å². The summed E-state index contributed by atoms with van der Waals surface area (Å²) in [7, 11) is 0. The van der Waals surface area contributed by atoms with Gasteiger partial charge in [0, 0.05) is 41.1 Å². The normalized spacial score (nSPS) is 11.5. The van der Waals surface area contributed by atoms with Crippen LogP contribution in [0, 0.1) is 6.92 Å². The molecule has 0 bridgehead atoms. The minimum absolute atomic E-state index is 0.798. The Hall–Kier alpha value is -4.33. The molecule has 8 heteroatoms. The Kier molecular flexibility index (Phi) is 3.51. The average Bonchev–Trinajstić information content (AvgIpc) is 3.51. The van der Waals surface area contributed by atoms with E-state index < -0.39 is 0 Å². The molecule has 0 spiro atoms. The number of H-pyrrole nitrogens is 2. The number of hydrogen-bond donors (Lipinski definition) is 2. The Bertz CT molecular complexity index is 1510. The number of rotatable bonds is 3. The highest BCUT2D eigenvalue weighted by molar-refractivity contribution is 5.97. The molecule has 0 unspecified atom stereocenters. The largest absolute Gasteiger partial charge is 0.338 e. The van der Waals surface area contributed by atoms with Gasteiger partial charge in [-0.3, -0.25) is 15.1 Å². The van der Waals surface area contributed by atoms with E-state index in [0.29, 0.717) is 0 Å². The highest BCUT2D eigenvalue weighted by Crippen LogP contribution is 2.31. The molecule has 0 aromatic carbocycles. The molecular formula is C22H16N8. The molecule has 6 aromatic heterocycles. The molecule has 2 N–H and O–H groups in total. The quantitative estimate of drug-likeness (QED) is 0.473. The smallest absolute Gasteiger partial charge is 0.139 e. The average molecular weight is 392 g/mol. The summed E-state index contributed by atoms with van der Waals surface area (Å²) in [6, 6.07) is 9.98. The van der Waals surface area contributed by atoms with Crippen molar-refractivity contribution in [3.63, 3.8) is 0 Å². The second-order valence-corrected chi connectivity index (χ2v) is 7.13. The van der Waals surface area contributed by atoms with Gasteiger partial charge in [-0.25, -0.2) is 9.97 Å². The van der Waals surface area contributed by atoms with Gasteiger partial charge in [0.1, 0.15) is 11.3 Å². The molecule has 0 atom stereocenters. The van der Waals surface area contributed by atoms with Gasteiger partial charge in [-0.2, -0.15) is 5.10 Å². The maximum atomic E-state index is 4.54.